The molecule has 0 radical (unpaired) electrons. The number of benzene rings is 3. The third-order valence-corrected chi connectivity index (χ3v) is 17.6. The molecular formula is C28H41O2PSi3. The van der Waals surface area contributed by atoms with Gasteiger partial charge in [-0.05, 0) is 90.4 Å². The van der Waals surface area contributed by atoms with Gasteiger partial charge in [0.05, 0.1) is 0 Å². The SMILES string of the molecule is Cc1ccc(P(c2ccc(C)cc2)c2ccc(C)cc2[Si](C)(O[Si](C)(C)C)O[Si](C)(C)C)cc1. The summed E-state index contributed by atoms with van der Waals surface area (Å²) in [5.41, 5.74) is 3.84. The Hall–Kier alpha value is -1.34. The van der Waals surface area contributed by atoms with Gasteiger partial charge >= 0.3 is 8.56 Å². The zero-order chi connectivity index (χ0) is 25.3. The van der Waals surface area contributed by atoms with E-state index in [0.717, 1.165) is 0 Å². The standard InChI is InChI=1S/C28H41O2PSi3/c1-22-11-16-25(17-12-22)31(26-18-13-23(2)14-19-26)27-20-15-24(3)21-28(27)34(10,29-32(4,5)6)30-33(7,8)9/h11-21H,1-10H3. The van der Waals surface area contributed by atoms with E-state index in [-0.39, 0.29) is 0 Å². The Morgan fingerprint density at radius 1 is 0.529 bits per heavy atom. The van der Waals surface area contributed by atoms with Gasteiger partial charge in [-0.1, -0.05) is 83.4 Å². The fourth-order valence-corrected chi connectivity index (χ4v) is 19.4. The summed E-state index contributed by atoms with van der Waals surface area (Å²) in [4.78, 5) is 0. The number of hydrogen-bond acceptors (Lipinski definition) is 2. The van der Waals surface area contributed by atoms with E-state index in [9.17, 15) is 0 Å². The molecule has 0 aliphatic heterocycles. The Balaban J connectivity index is 2.30. The van der Waals surface area contributed by atoms with Crippen LogP contribution in [0.1, 0.15) is 16.7 Å². The summed E-state index contributed by atoms with van der Waals surface area (Å²) < 4.78 is 14.1. The molecule has 34 heavy (non-hydrogen) atoms. The zero-order valence-electron chi connectivity index (χ0n) is 22.6. The molecule has 0 amide bonds. The highest BCUT2D eigenvalue weighted by Gasteiger charge is 2.44. The van der Waals surface area contributed by atoms with Crippen molar-refractivity contribution in [3.05, 3.63) is 83.4 Å². The Morgan fingerprint density at radius 3 is 1.29 bits per heavy atom. The molecular weight excluding hydrogens is 484 g/mol. The Morgan fingerprint density at radius 2 is 0.912 bits per heavy atom. The molecule has 0 atom stereocenters. The van der Waals surface area contributed by atoms with E-state index in [4.69, 9.17) is 8.23 Å². The van der Waals surface area contributed by atoms with E-state index in [1.165, 1.54) is 37.8 Å². The second-order valence-electron chi connectivity index (χ2n) is 11.4. The Labute approximate surface area is 212 Å². The molecule has 0 heterocycles. The van der Waals surface area contributed by atoms with E-state index >= 15 is 0 Å². The molecule has 0 bridgehead atoms. The lowest BCUT2D eigenvalue weighted by Gasteiger charge is -2.40. The molecule has 0 aromatic heterocycles. The zero-order valence-corrected chi connectivity index (χ0v) is 26.5. The van der Waals surface area contributed by atoms with Crippen molar-refractivity contribution in [3.63, 3.8) is 0 Å². The summed E-state index contributed by atoms with van der Waals surface area (Å²) in [6, 6.07) is 25.1. The molecule has 3 aromatic rings. The number of hydrogen-bond donors (Lipinski definition) is 0. The first-order valence-electron chi connectivity index (χ1n) is 12.1. The van der Waals surface area contributed by atoms with Crippen molar-refractivity contribution in [3.8, 4) is 0 Å². The van der Waals surface area contributed by atoms with E-state index in [1.54, 1.807) is 0 Å². The summed E-state index contributed by atoms with van der Waals surface area (Å²) in [7, 11) is -7.14. The third kappa shape index (κ3) is 7.09. The molecule has 2 nitrogen and oxygen atoms in total. The van der Waals surface area contributed by atoms with Crippen LogP contribution in [0, 0.1) is 20.8 Å². The van der Waals surface area contributed by atoms with Crippen LogP contribution in [-0.4, -0.2) is 25.2 Å². The van der Waals surface area contributed by atoms with Crippen LogP contribution in [0.3, 0.4) is 0 Å². The van der Waals surface area contributed by atoms with Crippen molar-refractivity contribution in [2.45, 2.75) is 66.6 Å². The smallest absolute Gasteiger partial charge is 0.349 e. The van der Waals surface area contributed by atoms with E-state index in [0.29, 0.717) is 0 Å². The lowest BCUT2D eigenvalue weighted by Crippen LogP contribution is -2.63. The summed E-state index contributed by atoms with van der Waals surface area (Å²) in [5, 5.41) is 5.42. The summed E-state index contributed by atoms with van der Waals surface area (Å²) in [5.74, 6) is 0. The third-order valence-electron chi connectivity index (χ3n) is 5.47. The summed E-state index contributed by atoms with van der Waals surface area (Å²) >= 11 is 0. The summed E-state index contributed by atoms with van der Waals surface area (Å²) in [6.07, 6.45) is 0. The Kier molecular flexibility index (Phi) is 8.28. The van der Waals surface area contributed by atoms with Gasteiger partial charge in [0.15, 0.2) is 16.6 Å². The van der Waals surface area contributed by atoms with E-state index in [1.807, 2.05) is 0 Å². The fraction of sp³-hybridized carbons (Fsp3) is 0.357. The van der Waals surface area contributed by atoms with Gasteiger partial charge in [0.1, 0.15) is 0 Å². The maximum Gasteiger partial charge on any atom is 0.349 e. The largest absolute Gasteiger partial charge is 0.433 e. The van der Waals surface area contributed by atoms with Crippen LogP contribution in [-0.2, 0) is 8.23 Å². The highest BCUT2D eigenvalue weighted by molar-refractivity contribution is 7.80. The van der Waals surface area contributed by atoms with Crippen LogP contribution in [0.4, 0.5) is 0 Å². The average molecular weight is 525 g/mol. The second kappa shape index (κ2) is 10.3. The van der Waals surface area contributed by atoms with Crippen LogP contribution in [0.15, 0.2) is 66.7 Å². The minimum atomic E-state index is -2.68. The van der Waals surface area contributed by atoms with E-state index < -0.39 is 33.1 Å². The minimum Gasteiger partial charge on any atom is -0.433 e. The summed E-state index contributed by atoms with van der Waals surface area (Å²) in [6.45, 7) is 22.5. The molecule has 182 valence electrons. The molecule has 0 saturated heterocycles. The van der Waals surface area contributed by atoms with Crippen molar-refractivity contribution < 1.29 is 8.23 Å². The first kappa shape index (κ1) is 27.3. The quantitative estimate of drug-likeness (QED) is 0.252. The maximum atomic E-state index is 7.04. The Bertz CT molecular complexity index is 1050. The van der Waals surface area contributed by atoms with Crippen molar-refractivity contribution in [1.82, 2.24) is 0 Å². The lowest BCUT2D eigenvalue weighted by molar-refractivity contribution is 0.405. The molecule has 0 saturated carbocycles. The molecule has 3 aromatic carbocycles. The van der Waals surface area contributed by atoms with Crippen LogP contribution in [0.2, 0.25) is 45.8 Å². The molecule has 6 heteroatoms. The molecule has 0 aliphatic carbocycles. The van der Waals surface area contributed by atoms with Gasteiger partial charge in [0, 0.05) is 5.19 Å². The minimum absolute atomic E-state index is 0.746. The van der Waals surface area contributed by atoms with Crippen LogP contribution in [0.5, 0.6) is 0 Å². The molecule has 0 unspecified atom stereocenters. The average Bonchev–Trinajstić information content (AvgIpc) is 2.69. The molecule has 0 spiro atoms. The molecule has 0 N–H and O–H groups in total. The van der Waals surface area contributed by atoms with Gasteiger partial charge in [-0.15, -0.1) is 0 Å². The van der Waals surface area contributed by atoms with Crippen molar-refractivity contribution in [2.75, 3.05) is 0 Å². The first-order chi connectivity index (χ1) is 15.7. The van der Waals surface area contributed by atoms with Crippen molar-refractivity contribution in [2.24, 2.45) is 0 Å². The number of rotatable bonds is 8. The molecule has 0 aliphatic rings. The predicted octanol–water partition coefficient (Wildman–Crippen LogP) is 6.35. The van der Waals surface area contributed by atoms with Crippen molar-refractivity contribution >= 4 is 54.2 Å². The second-order valence-corrected chi connectivity index (χ2v) is 26.1. The monoisotopic (exact) mass is 524 g/mol. The van der Waals surface area contributed by atoms with Gasteiger partial charge < -0.3 is 8.23 Å². The van der Waals surface area contributed by atoms with Crippen molar-refractivity contribution in [1.29, 1.82) is 0 Å². The normalized spacial score (nSPS) is 12.9. The van der Waals surface area contributed by atoms with Gasteiger partial charge in [0.25, 0.3) is 0 Å². The highest BCUT2D eigenvalue weighted by Crippen LogP contribution is 2.34. The first-order valence-corrected chi connectivity index (χ1v) is 22.6. The topological polar surface area (TPSA) is 18.5 Å². The molecule has 3 rings (SSSR count). The number of aryl methyl sites for hydroxylation is 3. The maximum absolute atomic E-state index is 7.04. The van der Waals surface area contributed by atoms with Gasteiger partial charge in [-0.2, -0.15) is 0 Å². The van der Waals surface area contributed by atoms with E-state index in [2.05, 4.69) is 133 Å². The van der Waals surface area contributed by atoms with Gasteiger partial charge in [-0.25, -0.2) is 0 Å². The van der Waals surface area contributed by atoms with Crippen LogP contribution >= 0.6 is 7.92 Å². The fourth-order valence-electron chi connectivity index (χ4n) is 4.32. The highest BCUT2D eigenvalue weighted by atomic mass is 31.1. The van der Waals surface area contributed by atoms with Crippen LogP contribution < -0.4 is 21.1 Å². The van der Waals surface area contributed by atoms with Gasteiger partial charge in [0.2, 0.25) is 0 Å². The lowest BCUT2D eigenvalue weighted by atomic mass is 10.2. The van der Waals surface area contributed by atoms with Gasteiger partial charge in [-0.3, -0.25) is 0 Å². The molecule has 0 fully saturated rings. The predicted molar refractivity (Wildman–Crippen MR) is 159 cm³/mol. The van der Waals surface area contributed by atoms with Crippen LogP contribution in [0.25, 0.3) is 0 Å².